The van der Waals surface area contributed by atoms with Crippen molar-refractivity contribution in [2.24, 2.45) is 0 Å². The number of nitrogens with zero attached hydrogens (tertiary/aromatic N) is 2. The fourth-order valence-electron chi connectivity index (χ4n) is 1.50. The van der Waals surface area contributed by atoms with Crippen LogP contribution in [0.4, 0.5) is 5.69 Å². The predicted octanol–water partition coefficient (Wildman–Crippen LogP) is 1.33. The maximum absolute atomic E-state index is 10.5. The number of rotatable bonds is 2. The van der Waals surface area contributed by atoms with E-state index >= 15 is 0 Å². The summed E-state index contributed by atoms with van der Waals surface area (Å²) < 4.78 is 0. The highest BCUT2D eigenvalue weighted by molar-refractivity contribution is 5.36. The molecule has 1 aromatic rings. The molecule has 0 amide bonds. The quantitative estimate of drug-likeness (QED) is 0.568. The summed E-state index contributed by atoms with van der Waals surface area (Å²) in [5.74, 6) is 0. The summed E-state index contributed by atoms with van der Waals surface area (Å²) in [5.41, 5.74) is 1.48. The van der Waals surface area contributed by atoms with Gasteiger partial charge in [0.25, 0.3) is 5.69 Å². The van der Waals surface area contributed by atoms with E-state index in [1.54, 1.807) is 13.0 Å². The van der Waals surface area contributed by atoms with Gasteiger partial charge in [-0.2, -0.15) is 0 Å². The Bertz CT molecular complexity index is 374. The molecule has 5 heteroatoms. The van der Waals surface area contributed by atoms with Gasteiger partial charge in [-0.05, 0) is 26.0 Å². The number of aryl methyl sites for hydroxylation is 1. The van der Waals surface area contributed by atoms with Gasteiger partial charge in [-0.25, -0.2) is 4.98 Å². The van der Waals surface area contributed by atoms with E-state index in [9.17, 15) is 10.1 Å². The second-order valence-electron chi connectivity index (χ2n) is 3.39. The molecule has 0 unspecified atom stereocenters. The Balaban J connectivity index is 2.30. The van der Waals surface area contributed by atoms with E-state index in [-0.39, 0.29) is 11.7 Å². The zero-order valence-electron chi connectivity index (χ0n) is 7.86. The third-order valence-electron chi connectivity index (χ3n) is 2.46. The van der Waals surface area contributed by atoms with Crippen molar-refractivity contribution < 1.29 is 4.92 Å². The first-order valence-electron chi connectivity index (χ1n) is 4.54. The van der Waals surface area contributed by atoms with Crippen molar-refractivity contribution in [3.05, 3.63) is 33.6 Å². The molecule has 1 aromatic heterocycles. The minimum atomic E-state index is -0.402. The molecule has 0 bridgehead atoms. The lowest BCUT2D eigenvalue weighted by atomic mass is 10.0. The Morgan fingerprint density at radius 1 is 1.64 bits per heavy atom. The topological polar surface area (TPSA) is 68.1 Å². The normalized spacial score (nSPS) is 20.2. The largest absolute Gasteiger partial charge is 0.309 e. The molecule has 0 aromatic carbocycles. The fraction of sp³-hybridized carbons (Fsp3) is 0.444. The molecule has 14 heavy (non-hydrogen) atoms. The first-order chi connectivity index (χ1) is 6.68. The van der Waals surface area contributed by atoms with Crippen LogP contribution < -0.4 is 5.32 Å². The maximum atomic E-state index is 10.5. The molecule has 1 atom stereocenters. The molecule has 0 saturated carbocycles. The van der Waals surface area contributed by atoms with Crippen LogP contribution in [0.3, 0.4) is 0 Å². The first kappa shape index (κ1) is 9.08. The average molecular weight is 193 g/mol. The molecule has 0 spiro atoms. The summed E-state index contributed by atoms with van der Waals surface area (Å²) in [7, 11) is 0. The highest BCUT2D eigenvalue weighted by Gasteiger charge is 2.21. The second kappa shape index (κ2) is 3.34. The van der Waals surface area contributed by atoms with Gasteiger partial charge in [-0.15, -0.1) is 0 Å². The van der Waals surface area contributed by atoms with Gasteiger partial charge in [0.05, 0.1) is 16.7 Å². The van der Waals surface area contributed by atoms with E-state index in [0.717, 1.165) is 18.7 Å². The molecule has 0 radical (unpaired) electrons. The van der Waals surface area contributed by atoms with Gasteiger partial charge >= 0.3 is 0 Å². The number of nitrogens with one attached hydrogen (secondary N) is 1. The van der Waals surface area contributed by atoms with Crippen LogP contribution in [0.5, 0.6) is 0 Å². The number of aromatic nitrogens is 1. The predicted molar refractivity (Wildman–Crippen MR) is 51.0 cm³/mol. The number of nitro groups is 1. The van der Waals surface area contributed by atoms with E-state index in [0.29, 0.717) is 5.69 Å². The van der Waals surface area contributed by atoms with Crippen LogP contribution in [-0.4, -0.2) is 16.5 Å². The van der Waals surface area contributed by atoms with Gasteiger partial charge < -0.3 is 5.32 Å². The molecular weight excluding hydrogens is 182 g/mol. The summed E-state index contributed by atoms with van der Waals surface area (Å²) in [4.78, 5) is 14.3. The van der Waals surface area contributed by atoms with Gasteiger partial charge in [-0.3, -0.25) is 10.1 Å². The van der Waals surface area contributed by atoms with Crippen LogP contribution in [0.2, 0.25) is 0 Å². The summed E-state index contributed by atoms with van der Waals surface area (Å²) >= 11 is 0. The molecule has 1 fully saturated rings. The van der Waals surface area contributed by atoms with Crippen molar-refractivity contribution in [3.8, 4) is 0 Å². The van der Waals surface area contributed by atoms with E-state index in [1.807, 2.05) is 0 Å². The number of hydrogen-bond acceptors (Lipinski definition) is 4. The zero-order chi connectivity index (χ0) is 10.1. The molecule has 2 heterocycles. The van der Waals surface area contributed by atoms with Crippen molar-refractivity contribution in [1.29, 1.82) is 0 Å². The molecule has 1 aliphatic heterocycles. The Morgan fingerprint density at radius 2 is 2.36 bits per heavy atom. The van der Waals surface area contributed by atoms with E-state index in [1.165, 1.54) is 6.07 Å². The van der Waals surface area contributed by atoms with Gasteiger partial charge in [0.2, 0.25) is 0 Å². The summed E-state index contributed by atoms with van der Waals surface area (Å²) in [6, 6.07) is 3.54. The lowest BCUT2D eigenvalue weighted by Crippen LogP contribution is -2.35. The third kappa shape index (κ3) is 1.46. The maximum Gasteiger partial charge on any atom is 0.290 e. The summed E-state index contributed by atoms with van der Waals surface area (Å²) in [6.45, 7) is 2.67. The van der Waals surface area contributed by atoms with Crippen molar-refractivity contribution in [2.75, 3.05) is 6.54 Å². The molecule has 0 aliphatic carbocycles. The summed E-state index contributed by atoms with van der Waals surface area (Å²) in [6.07, 6.45) is 1.06. The van der Waals surface area contributed by atoms with Crippen molar-refractivity contribution >= 4 is 5.69 Å². The van der Waals surface area contributed by atoms with E-state index in [4.69, 9.17) is 0 Å². The average Bonchev–Trinajstić information content (AvgIpc) is 2.00. The van der Waals surface area contributed by atoms with Crippen LogP contribution in [0.25, 0.3) is 0 Å². The van der Waals surface area contributed by atoms with E-state index in [2.05, 4.69) is 10.3 Å². The Kier molecular flexibility index (Phi) is 2.17. The fourth-order valence-corrected chi connectivity index (χ4v) is 1.50. The number of pyridine rings is 1. The molecule has 1 saturated heterocycles. The van der Waals surface area contributed by atoms with Crippen LogP contribution >= 0.6 is 0 Å². The molecule has 1 N–H and O–H groups in total. The molecule has 2 rings (SSSR count). The molecule has 74 valence electrons. The van der Waals surface area contributed by atoms with E-state index < -0.39 is 4.92 Å². The minimum Gasteiger partial charge on any atom is -0.309 e. The first-order valence-corrected chi connectivity index (χ1v) is 4.54. The monoisotopic (exact) mass is 193 g/mol. The van der Waals surface area contributed by atoms with Crippen LogP contribution in [0.15, 0.2) is 12.1 Å². The van der Waals surface area contributed by atoms with Crippen LogP contribution in [0, 0.1) is 17.0 Å². The number of hydrogen-bond donors (Lipinski definition) is 1. The van der Waals surface area contributed by atoms with Crippen LogP contribution in [-0.2, 0) is 0 Å². The minimum absolute atomic E-state index is 0.0908. The lowest BCUT2D eigenvalue weighted by molar-refractivity contribution is -0.385. The molecule has 1 aliphatic rings. The van der Waals surface area contributed by atoms with Gasteiger partial charge in [0.15, 0.2) is 0 Å². The zero-order valence-corrected chi connectivity index (χ0v) is 7.86. The smallest absolute Gasteiger partial charge is 0.290 e. The standard InChI is InChI=1S/C9H11N3O2/c1-6-9(12(13)14)3-2-8(11-6)7-4-5-10-7/h2-3,7,10H,4-5H2,1H3/t7-/m0/s1. The third-order valence-corrected chi connectivity index (χ3v) is 2.46. The van der Waals surface area contributed by atoms with Gasteiger partial charge in [0.1, 0.15) is 5.69 Å². The van der Waals surface area contributed by atoms with Crippen molar-refractivity contribution in [2.45, 2.75) is 19.4 Å². The SMILES string of the molecule is Cc1nc([C@@H]2CCN2)ccc1[N+](=O)[O-]. The highest BCUT2D eigenvalue weighted by atomic mass is 16.6. The van der Waals surface area contributed by atoms with Gasteiger partial charge in [0, 0.05) is 6.07 Å². The Hall–Kier alpha value is -1.49. The lowest BCUT2D eigenvalue weighted by Gasteiger charge is -2.26. The highest BCUT2D eigenvalue weighted by Crippen LogP contribution is 2.24. The van der Waals surface area contributed by atoms with Gasteiger partial charge in [-0.1, -0.05) is 0 Å². The Morgan fingerprint density at radius 3 is 2.79 bits per heavy atom. The summed E-state index contributed by atoms with van der Waals surface area (Å²) in [5, 5.41) is 13.7. The Labute approximate surface area is 81.3 Å². The molecular formula is C9H11N3O2. The van der Waals surface area contributed by atoms with Crippen molar-refractivity contribution in [3.63, 3.8) is 0 Å². The van der Waals surface area contributed by atoms with Crippen LogP contribution in [0.1, 0.15) is 23.9 Å². The van der Waals surface area contributed by atoms with Crippen molar-refractivity contribution in [1.82, 2.24) is 10.3 Å². The molecule has 5 nitrogen and oxygen atoms in total. The second-order valence-corrected chi connectivity index (χ2v) is 3.39.